The summed E-state index contributed by atoms with van der Waals surface area (Å²) in [6.07, 6.45) is 2.05. The highest BCUT2D eigenvalue weighted by atomic mass is 32.2. The van der Waals surface area contributed by atoms with E-state index in [2.05, 4.69) is 20.3 Å². The number of anilines is 2. The van der Waals surface area contributed by atoms with E-state index < -0.39 is 9.84 Å². The van der Waals surface area contributed by atoms with Gasteiger partial charge < -0.3 is 15.0 Å². The number of nitrogens with one attached hydrogen (secondary N) is 1. The Morgan fingerprint density at radius 2 is 1.95 bits per heavy atom. The van der Waals surface area contributed by atoms with Crippen molar-refractivity contribution < 1.29 is 13.2 Å². The Bertz CT molecular complexity index is 550. The van der Waals surface area contributed by atoms with Crippen LogP contribution in [0.15, 0.2) is 0 Å². The first-order valence-electron chi connectivity index (χ1n) is 6.87. The van der Waals surface area contributed by atoms with Crippen molar-refractivity contribution in [3.8, 4) is 6.01 Å². The Morgan fingerprint density at radius 1 is 1.24 bits per heavy atom. The Labute approximate surface area is 125 Å². The van der Waals surface area contributed by atoms with Gasteiger partial charge in [-0.2, -0.15) is 15.0 Å². The minimum Gasteiger partial charge on any atom is -0.463 e. The zero-order valence-electron chi connectivity index (χ0n) is 13.0. The summed E-state index contributed by atoms with van der Waals surface area (Å²) in [7, 11) is -1.30. The Balaban J connectivity index is 2.89. The molecule has 21 heavy (non-hydrogen) atoms. The molecule has 0 fully saturated rings. The molecule has 0 spiro atoms. The maximum Gasteiger partial charge on any atom is 0.323 e. The van der Waals surface area contributed by atoms with Crippen LogP contribution in [0, 0.1) is 0 Å². The lowest BCUT2D eigenvalue weighted by Gasteiger charge is -2.17. The van der Waals surface area contributed by atoms with Gasteiger partial charge in [0.05, 0.1) is 12.4 Å². The quantitative estimate of drug-likeness (QED) is 0.706. The molecule has 1 heterocycles. The molecule has 0 saturated carbocycles. The Hall–Kier alpha value is -1.64. The number of nitrogens with zero attached hydrogens (tertiary/aromatic N) is 4. The summed E-state index contributed by atoms with van der Waals surface area (Å²) < 4.78 is 27.9. The maximum absolute atomic E-state index is 11.2. The van der Waals surface area contributed by atoms with Crippen molar-refractivity contribution in [1.29, 1.82) is 0 Å². The number of hydrogen-bond acceptors (Lipinski definition) is 8. The molecule has 0 aromatic carbocycles. The fourth-order valence-electron chi connectivity index (χ4n) is 1.41. The highest BCUT2D eigenvalue weighted by molar-refractivity contribution is 7.90. The van der Waals surface area contributed by atoms with E-state index in [1.54, 1.807) is 11.9 Å². The molecule has 0 radical (unpaired) electrons. The van der Waals surface area contributed by atoms with Crippen LogP contribution in [0.4, 0.5) is 11.9 Å². The van der Waals surface area contributed by atoms with Gasteiger partial charge in [0.15, 0.2) is 0 Å². The van der Waals surface area contributed by atoms with E-state index in [0.29, 0.717) is 31.6 Å². The van der Waals surface area contributed by atoms with Crippen molar-refractivity contribution in [3.05, 3.63) is 0 Å². The fourth-order valence-corrected chi connectivity index (χ4v) is 2.02. The standard InChI is InChI=1S/C12H23N5O3S/c1-5-8-20-12-15-10(13-6-2)14-11(16-12)17(3)7-9-21(4,18)19/h5-9H2,1-4H3,(H,13,14,15,16). The van der Waals surface area contributed by atoms with Gasteiger partial charge in [-0.05, 0) is 13.3 Å². The second kappa shape index (κ2) is 7.96. The number of ether oxygens (including phenoxy) is 1. The largest absolute Gasteiger partial charge is 0.463 e. The summed E-state index contributed by atoms with van der Waals surface area (Å²) in [5.74, 6) is 0.840. The van der Waals surface area contributed by atoms with E-state index in [1.165, 1.54) is 6.26 Å². The second-order valence-corrected chi connectivity index (χ2v) is 6.93. The van der Waals surface area contributed by atoms with Gasteiger partial charge in [0.25, 0.3) is 0 Å². The minimum atomic E-state index is -3.03. The zero-order chi connectivity index (χ0) is 15.9. The van der Waals surface area contributed by atoms with Gasteiger partial charge in [0.2, 0.25) is 11.9 Å². The molecule has 120 valence electrons. The number of aromatic nitrogens is 3. The third-order valence-corrected chi connectivity index (χ3v) is 3.44. The van der Waals surface area contributed by atoms with Crippen LogP contribution in [0.2, 0.25) is 0 Å². The van der Waals surface area contributed by atoms with Gasteiger partial charge in [-0.3, -0.25) is 0 Å². The van der Waals surface area contributed by atoms with Crippen LogP contribution in [-0.4, -0.2) is 62.1 Å². The van der Waals surface area contributed by atoms with Gasteiger partial charge in [-0.15, -0.1) is 0 Å². The zero-order valence-corrected chi connectivity index (χ0v) is 13.8. The molecular formula is C12H23N5O3S. The molecule has 1 N–H and O–H groups in total. The van der Waals surface area contributed by atoms with Crippen molar-refractivity contribution in [3.63, 3.8) is 0 Å². The van der Waals surface area contributed by atoms with Crippen LogP contribution in [0.25, 0.3) is 0 Å². The van der Waals surface area contributed by atoms with Gasteiger partial charge in [0, 0.05) is 26.4 Å². The number of hydrogen-bond donors (Lipinski definition) is 1. The molecule has 1 aromatic heterocycles. The molecular weight excluding hydrogens is 294 g/mol. The molecule has 0 unspecified atom stereocenters. The summed E-state index contributed by atoms with van der Waals surface area (Å²) in [5, 5.41) is 3.00. The fraction of sp³-hybridized carbons (Fsp3) is 0.750. The average Bonchev–Trinajstić information content (AvgIpc) is 2.42. The first-order chi connectivity index (χ1) is 9.85. The molecule has 0 atom stereocenters. The smallest absolute Gasteiger partial charge is 0.323 e. The van der Waals surface area contributed by atoms with Crippen molar-refractivity contribution in [2.45, 2.75) is 20.3 Å². The van der Waals surface area contributed by atoms with Crippen LogP contribution in [0.1, 0.15) is 20.3 Å². The monoisotopic (exact) mass is 317 g/mol. The van der Waals surface area contributed by atoms with Crippen LogP contribution in [-0.2, 0) is 9.84 Å². The Kier molecular flexibility index (Phi) is 6.60. The minimum absolute atomic E-state index is 0.0386. The third kappa shape index (κ3) is 6.56. The molecule has 1 aromatic rings. The van der Waals surface area contributed by atoms with Crippen molar-refractivity contribution in [1.82, 2.24) is 15.0 Å². The molecule has 0 bridgehead atoms. The summed E-state index contributed by atoms with van der Waals surface area (Å²) >= 11 is 0. The van der Waals surface area contributed by atoms with E-state index in [0.717, 1.165) is 6.42 Å². The molecule has 1 rings (SSSR count). The average molecular weight is 317 g/mol. The number of sulfone groups is 1. The second-order valence-electron chi connectivity index (χ2n) is 4.67. The first kappa shape index (κ1) is 17.4. The van der Waals surface area contributed by atoms with Crippen LogP contribution in [0.3, 0.4) is 0 Å². The van der Waals surface area contributed by atoms with Crippen molar-refractivity contribution >= 4 is 21.7 Å². The summed E-state index contributed by atoms with van der Waals surface area (Å²) in [6.45, 7) is 5.42. The molecule has 8 nitrogen and oxygen atoms in total. The van der Waals surface area contributed by atoms with E-state index in [-0.39, 0.29) is 11.8 Å². The number of rotatable bonds is 9. The van der Waals surface area contributed by atoms with Crippen LogP contribution >= 0.6 is 0 Å². The van der Waals surface area contributed by atoms with Crippen LogP contribution < -0.4 is 15.0 Å². The lowest BCUT2D eigenvalue weighted by atomic mass is 10.5. The third-order valence-electron chi connectivity index (χ3n) is 2.51. The molecule has 0 saturated heterocycles. The molecule has 0 amide bonds. The maximum atomic E-state index is 11.2. The highest BCUT2D eigenvalue weighted by Gasteiger charge is 2.13. The lowest BCUT2D eigenvalue weighted by Crippen LogP contribution is -2.27. The molecule has 0 aliphatic rings. The van der Waals surface area contributed by atoms with Gasteiger partial charge in [-0.25, -0.2) is 8.42 Å². The van der Waals surface area contributed by atoms with E-state index >= 15 is 0 Å². The predicted octanol–water partition coefficient (Wildman–Crippen LogP) is 0.573. The first-order valence-corrected chi connectivity index (χ1v) is 8.93. The summed E-state index contributed by atoms with van der Waals surface area (Å²) in [6, 6.07) is 0.240. The van der Waals surface area contributed by atoms with Crippen molar-refractivity contribution in [2.24, 2.45) is 0 Å². The van der Waals surface area contributed by atoms with Gasteiger partial charge >= 0.3 is 6.01 Å². The summed E-state index contributed by atoms with van der Waals surface area (Å²) in [4.78, 5) is 14.3. The molecule has 0 aliphatic heterocycles. The summed E-state index contributed by atoms with van der Waals surface area (Å²) in [5.41, 5.74) is 0. The van der Waals surface area contributed by atoms with Crippen LogP contribution in [0.5, 0.6) is 6.01 Å². The topological polar surface area (TPSA) is 97.3 Å². The van der Waals surface area contributed by atoms with Gasteiger partial charge in [0.1, 0.15) is 9.84 Å². The molecule has 9 heteroatoms. The normalized spacial score (nSPS) is 11.2. The Morgan fingerprint density at radius 3 is 2.52 bits per heavy atom. The SMILES string of the molecule is CCCOc1nc(NCC)nc(N(C)CCS(C)(=O)=O)n1. The van der Waals surface area contributed by atoms with Gasteiger partial charge in [-0.1, -0.05) is 6.92 Å². The van der Waals surface area contributed by atoms with Crippen molar-refractivity contribution in [2.75, 3.05) is 49.0 Å². The predicted molar refractivity (Wildman–Crippen MR) is 82.8 cm³/mol. The van der Waals surface area contributed by atoms with E-state index in [9.17, 15) is 8.42 Å². The highest BCUT2D eigenvalue weighted by Crippen LogP contribution is 2.14. The molecule has 0 aliphatic carbocycles. The lowest BCUT2D eigenvalue weighted by molar-refractivity contribution is 0.292. The van der Waals surface area contributed by atoms with E-state index in [4.69, 9.17) is 4.74 Å². The van der Waals surface area contributed by atoms with E-state index in [1.807, 2.05) is 13.8 Å².